The molecule has 3 rings (SSSR count). The minimum Gasteiger partial charge on any atom is -0.315 e. The monoisotopic (exact) mass is 363 g/mol. The Kier molecular flexibility index (Phi) is 4.40. The molecule has 2 atom stereocenters. The number of aryl methyl sites for hydroxylation is 2. The highest BCUT2D eigenvalue weighted by Gasteiger charge is 2.49. The van der Waals surface area contributed by atoms with Crippen LogP contribution in [0.2, 0.25) is 0 Å². The SMILES string of the molecule is Cc1ccc(C)c(N2C(=NC(=O)CC#N)SC3CS(=O)(=O)CC32)c1. The second-order valence-electron chi connectivity index (χ2n) is 6.08. The lowest BCUT2D eigenvalue weighted by molar-refractivity contribution is -0.116. The van der Waals surface area contributed by atoms with Gasteiger partial charge in [-0.3, -0.25) is 4.79 Å². The average Bonchev–Trinajstić information content (AvgIpc) is 2.93. The molecule has 0 aliphatic carbocycles. The zero-order valence-electron chi connectivity index (χ0n) is 13.4. The summed E-state index contributed by atoms with van der Waals surface area (Å²) in [5.74, 6) is -0.350. The Morgan fingerprint density at radius 1 is 1.42 bits per heavy atom. The number of hydrogen-bond acceptors (Lipinski definition) is 5. The molecule has 0 bridgehead atoms. The number of anilines is 1. The molecule has 0 saturated carbocycles. The minimum atomic E-state index is -3.09. The lowest BCUT2D eigenvalue weighted by atomic mass is 10.1. The highest BCUT2D eigenvalue weighted by Crippen LogP contribution is 2.42. The fraction of sp³-hybridized carbons (Fsp3) is 0.438. The molecule has 2 aliphatic rings. The smallest absolute Gasteiger partial charge is 0.262 e. The Morgan fingerprint density at radius 2 is 2.17 bits per heavy atom. The molecule has 2 aliphatic heterocycles. The van der Waals surface area contributed by atoms with E-state index in [4.69, 9.17) is 5.26 Å². The summed E-state index contributed by atoms with van der Waals surface area (Å²) in [5.41, 5.74) is 2.91. The Morgan fingerprint density at radius 3 is 2.88 bits per heavy atom. The summed E-state index contributed by atoms with van der Waals surface area (Å²) in [6.07, 6.45) is -0.279. The third-order valence-electron chi connectivity index (χ3n) is 4.14. The molecule has 1 aromatic rings. The van der Waals surface area contributed by atoms with Gasteiger partial charge in [-0.15, -0.1) is 0 Å². The second-order valence-corrected chi connectivity index (χ2v) is 9.44. The van der Waals surface area contributed by atoms with Crippen LogP contribution in [-0.2, 0) is 14.6 Å². The molecule has 2 saturated heterocycles. The van der Waals surface area contributed by atoms with Crippen LogP contribution in [0.4, 0.5) is 5.69 Å². The van der Waals surface area contributed by atoms with Gasteiger partial charge in [0.2, 0.25) is 0 Å². The normalized spacial score (nSPS) is 26.4. The zero-order chi connectivity index (χ0) is 17.5. The van der Waals surface area contributed by atoms with Gasteiger partial charge in [0.1, 0.15) is 6.42 Å². The maximum Gasteiger partial charge on any atom is 0.262 e. The first-order chi connectivity index (χ1) is 11.3. The molecule has 0 N–H and O–H groups in total. The van der Waals surface area contributed by atoms with E-state index in [1.54, 1.807) is 6.07 Å². The van der Waals surface area contributed by atoms with E-state index >= 15 is 0 Å². The first-order valence-electron chi connectivity index (χ1n) is 7.53. The van der Waals surface area contributed by atoms with Crippen molar-refractivity contribution in [1.29, 1.82) is 5.26 Å². The highest BCUT2D eigenvalue weighted by atomic mass is 32.2. The van der Waals surface area contributed by atoms with E-state index in [9.17, 15) is 13.2 Å². The van der Waals surface area contributed by atoms with Crippen LogP contribution in [0.3, 0.4) is 0 Å². The Balaban J connectivity index is 2.06. The maximum absolute atomic E-state index is 12.0. The van der Waals surface area contributed by atoms with Gasteiger partial charge in [-0.25, -0.2) is 8.42 Å². The maximum atomic E-state index is 12.0. The standard InChI is InChI=1S/C16H17N3O3S2/c1-10-3-4-11(2)12(7-10)19-13-8-24(21,22)9-14(13)23-16(19)18-15(20)5-6-17/h3-4,7,13-14H,5,8-9H2,1-2H3. The fourth-order valence-corrected chi connectivity index (χ4v) is 6.96. The molecule has 1 amide bonds. The molecule has 6 nitrogen and oxygen atoms in total. The average molecular weight is 363 g/mol. The Hall–Kier alpha value is -1.85. The lowest BCUT2D eigenvalue weighted by Gasteiger charge is -2.26. The van der Waals surface area contributed by atoms with Gasteiger partial charge in [0.05, 0.1) is 23.6 Å². The van der Waals surface area contributed by atoms with Crippen LogP contribution in [0.15, 0.2) is 23.2 Å². The number of amidine groups is 1. The summed E-state index contributed by atoms with van der Waals surface area (Å²) in [6, 6.07) is 7.51. The highest BCUT2D eigenvalue weighted by molar-refractivity contribution is 8.16. The van der Waals surface area contributed by atoms with Crippen LogP contribution in [0.1, 0.15) is 17.5 Å². The predicted molar refractivity (Wildman–Crippen MR) is 94.9 cm³/mol. The van der Waals surface area contributed by atoms with Crippen LogP contribution in [0, 0.1) is 25.2 Å². The largest absolute Gasteiger partial charge is 0.315 e. The van der Waals surface area contributed by atoms with Crippen LogP contribution in [-0.4, -0.2) is 42.3 Å². The molecule has 8 heteroatoms. The number of rotatable bonds is 2. The molecule has 0 aromatic heterocycles. The molecule has 1 aromatic carbocycles. The minimum absolute atomic E-state index is 0.0590. The number of amides is 1. The molecular weight excluding hydrogens is 346 g/mol. The van der Waals surface area contributed by atoms with Crippen LogP contribution in [0.25, 0.3) is 0 Å². The van der Waals surface area contributed by atoms with Crippen molar-refractivity contribution in [3.05, 3.63) is 29.3 Å². The van der Waals surface area contributed by atoms with E-state index in [-0.39, 0.29) is 29.2 Å². The number of carbonyl (C=O) groups is 1. The predicted octanol–water partition coefficient (Wildman–Crippen LogP) is 1.82. The summed E-state index contributed by atoms with van der Waals surface area (Å²) >= 11 is 1.32. The molecule has 2 heterocycles. The zero-order valence-corrected chi connectivity index (χ0v) is 15.0. The van der Waals surface area contributed by atoms with Crippen molar-refractivity contribution in [3.8, 4) is 6.07 Å². The molecule has 2 unspecified atom stereocenters. The van der Waals surface area contributed by atoms with E-state index in [2.05, 4.69) is 4.99 Å². The van der Waals surface area contributed by atoms with E-state index in [0.717, 1.165) is 16.8 Å². The van der Waals surface area contributed by atoms with Gasteiger partial charge in [-0.2, -0.15) is 10.3 Å². The van der Waals surface area contributed by atoms with Crippen molar-refractivity contribution in [1.82, 2.24) is 0 Å². The first-order valence-corrected chi connectivity index (χ1v) is 10.2. The van der Waals surface area contributed by atoms with Crippen molar-refractivity contribution in [2.75, 3.05) is 16.4 Å². The van der Waals surface area contributed by atoms with Gasteiger partial charge in [-0.05, 0) is 31.0 Å². The summed E-state index contributed by atoms with van der Waals surface area (Å²) in [5, 5.41) is 9.02. The van der Waals surface area contributed by atoms with Crippen molar-refractivity contribution >= 4 is 38.4 Å². The third-order valence-corrected chi connectivity index (χ3v) is 7.35. The Bertz CT molecular complexity index is 871. The van der Waals surface area contributed by atoms with Crippen LogP contribution < -0.4 is 4.90 Å². The molecule has 24 heavy (non-hydrogen) atoms. The van der Waals surface area contributed by atoms with Gasteiger partial charge >= 0.3 is 0 Å². The van der Waals surface area contributed by atoms with E-state index in [1.165, 1.54) is 11.8 Å². The summed E-state index contributed by atoms with van der Waals surface area (Å²) in [7, 11) is -3.09. The number of nitrogens with zero attached hydrogens (tertiary/aromatic N) is 3. The van der Waals surface area contributed by atoms with Gasteiger partial charge in [0.25, 0.3) is 5.91 Å². The van der Waals surface area contributed by atoms with E-state index in [1.807, 2.05) is 36.9 Å². The number of sulfone groups is 1. The second kappa shape index (κ2) is 6.22. The van der Waals surface area contributed by atoms with E-state index < -0.39 is 15.7 Å². The van der Waals surface area contributed by atoms with Gasteiger partial charge in [-0.1, -0.05) is 23.9 Å². The van der Waals surface area contributed by atoms with E-state index in [0.29, 0.717) is 5.17 Å². The van der Waals surface area contributed by atoms with Crippen LogP contribution >= 0.6 is 11.8 Å². The van der Waals surface area contributed by atoms with Gasteiger partial charge in [0.15, 0.2) is 15.0 Å². The first kappa shape index (κ1) is 17.0. The van der Waals surface area contributed by atoms with Crippen molar-refractivity contribution in [3.63, 3.8) is 0 Å². The third kappa shape index (κ3) is 3.19. The topological polar surface area (TPSA) is 90.6 Å². The molecular formula is C16H17N3O3S2. The summed E-state index contributed by atoms with van der Waals surface area (Å²) in [4.78, 5) is 17.8. The molecule has 0 radical (unpaired) electrons. The molecule has 2 fully saturated rings. The quantitative estimate of drug-likeness (QED) is 0.796. The molecule has 0 spiro atoms. The summed E-state index contributed by atoms with van der Waals surface area (Å²) < 4.78 is 24.0. The van der Waals surface area contributed by atoms with Crippen molar-refractivity contribution < 1.29 is 13.2 Å². The lowest BCUT2D eigenvalue weighted by Crippen LogP contribution is -2.38. The van der Waals surface area contributed by atoms with Crippen molar-refractivity contribution in [2.24, 2.45) is 4.99 Å². The van der Waals surface area contributed by atoms with Crippen LogP contribution in [0.5, 0.6) is 0 Å². The Labute approximate surface area is 145 Å². The van der Waals surface area contributed by atoms with Gasteiger partial charge < -0.3 is 4.90 Å². The number of benzene rings is 1. The number of fused-ring (bicyclic) bond motifs is 1. The summed E-state index contributed by atoms with van der Waals surface area (Å²) in [6.45, 7) is 3.91. The molecule has 126 valence electrons. The number of nitriles is 1. The number of carbonyl (C=O) groups excluding carboxylic acids is 1. The number of aliphatic imine (C=N–C) groups is 1. The fourth-order valence-electron chi connectivity index (χ4n) is 3.04. The number of thioether (sulfide) groups is 1. The van der Waals surface area contributed by atoms with Gasteiger partial charge in [0, 0.05) is 10.9 Å². The number of hydrogen-bond donors (Lipinski definition) is 0. The van der Waals surface area contributed by atoms with Crippen molar-refractivity contribution in [2.45, 2.75) is 31.6 Å².